The molecule has 2 aromatic carbocycles. The van der Waals surface area contributed by atoms with Crippen LogP contribution in [0.3, 0.4) is 0 Å². The van der Waals surface area contributed by atoms with Crippen molar-refractivity contribution in [3.63, 3.8) is 0 Å². The number of ether oxygens (including phenoxy) is 1. The molecule has 5 rings (SSSR count). The Balaban J connectivity index is 1.31. The zero-order chi connectivity index (χ0) is 21.8. The van der Waals surface area contributed by atoms with Crippen molar-refractivity contribution in [1.82, 2.24) is 19.5 Å². The summed E-state index contributed by atoms with van der Waals surface area (Å²) in [6.07, 6.45) is 6.81. The van der Waals surface area contributed by atoms with Gasteiger partial charge in [0, 0.05) is 29.8 Å². The van der Waals surface area contributed by atoms with E-state index in [1.165, 1.54) is 0 Å². The highest BCUT2D eigenvalue weighted by molar-refractivity contribution is 6.04. The van der Waals surface area contributed by atoms with E-state index in [1.54, 1.807) is 49.2 Å². The maximum atomic E-state index is 12.8. The van der Waals surface area contributed by atoms with E-state index in [-0.39, 0.29) is 5.91 Å². The summed E-state index contributed by atoms with van der Waals surface area (Å²) >= 11 is 0. The minimum absolute atomic E-state index is 0.264. The van der Waals surface area contributed by atoms with Gasteiger partial charge in [-0.1, -0.05) is 12.1 Å². The van der Waals surface area contributed by atoms with Gasteiger partial charge in [0.05, 0.1) is 11.0 Å². The summed E-state index contributed by atoms with van der Waals surface area (Å²) in [6.45, 7) is 0.352. The number of hydrogen-bond donors (Lipinski definition) is 1. The number of nitrogens with one attached hydrogen (secondary N) is 1. The molecule has 3 heterocycles. The summed E-state index contributed by atoms with van der Waals surface area (Å²) in [6, 6.07) is 22.5. The lowest BCUT2D eigenvalue weighted by Crippen LogP contribution is -2.14. The van der Waals surface area contributed by atoms with Crippen molar-refractivity contribution < 1.29 is 9.53 Å². The first-order chi connectivity index (χ1) is 15.8. The SMILES string of the molecule is O=C(Nc1ncccc1OCc1ccncc1)c1ccc(-n2cnc3ccccc32)cc1. The Kier molecular flexibility index (Phi) is 5.28. The first-order valence-corrected chi connectivity index (χ1v) is 10.1. The van der Waals surface area contributed by atoms with Crippen LogP contribution in [-0.4, -0.2) is 25.4 Å². The summed E-state index contributed by atoms with van der Waals surface area (Å²) in [4.78, 5) is 25.5. The number of rotatable bonds is 6. The van der Waals surface area contributed by atoms with Crippen molar-refractivity contribution >= 4 is 22.8 Å². The summed E-state index contributed by atoms with van der Waals surface area (Å²) in [5.41, 5.74) is 4.35. The van der Waals surface area contributed by atoms with E-state index in [4.69, 9.17) is 4.74 Å². The summed E-state index contributed by atoms with van der Waals surface area (Å²) < 4.78 is 7.84. The van der Waals surface area contributed by atoms with Gasteiger partial charge in [-0.15, -0.1) is 0 Å². The lowest BCUT2D eigenvalue weighted by Gasteiger charge is -2.12. The van der Waals surface area contributed by atoms with E-state index < -0.39 is 0 Å². The van der Waals surface area contributed by atoms with Crippen LogP contribution < -0.4 is 10.1 Å². The number of nitrogens with zero attached hydrogens (tertiary/aromatic N) is 4. The Labute approximate surface area is 184 Å². The van der Waals surface area contributed by atoms with Crippen molar-refractivity contribution in [2.24, 2.45) is 0 Å². The predicted octanol–water partition coefficient (Wildman–Crippen LogP) is 4.65. The van der Waals surface area contributed by atoms with Gasteiger partial charge in [0.15, 0.2) is 11.6 Å². The lowest BCUT2D eigenvalue weighted by atomic mass is 10.2. The molecular formula is C25H19N5O2. The third kappa shape index (κ3) is 4.04. The minimum Gasteiger partial charge on any atom is -0.485 e. The number of carbonyl (C=O) groups is 1. The number of imidazole rings is 1. The van der Waals surface area contributed by atoms with E-state index in [2.05, 4.69) is 20.3 Å². The molecule has 3 aromatic heterocycles. The first-order valence-electron chi connectivity index (χ1n) is 10.1. The van der Waals surface area contributed by atoms with Gasteiger partial charge in [-0.05, 0) is 66.2 Å². The van der Waals surface area contributed by atoms with E-state index in [1.807, 2.05) is 53.1 Å². The van der Waals surface area contributed by atoms with Crippen molar-refractivity contribution in [3.8, 4) is 11.4 Å². The van der Waals surface area contributed by atoms with Gasteiger partial charge >= 0.3 is 0 Å². The molecule has 7 heteroatoms. The molecule has 0 aliphatic carbocycles. The summed E-state index contributed by atoms with van der Waals surface area (Å²) in [5, 5.41) is 2.84. The second-order valence-corrected chi connectivity index (χ2v) is 7.10. The Morgan fingerprint density at radius 2 is 1.69 bits per heavy atom. The highest BCUT2D eigenvalue weighted by atomic mass is 16.5. The first kappa shape index (κ1) is 19.4. The van der Waals surface area contributed by atoms with E-state index >= 15 is 0 Å². The average Bonchev–Trinajstić information content (AvgIpc) is 3.28. The molecule has 0 spiro atoms. The molecule has 0 unspecified atom stereocenters. The number of pyridine rings is 2. The third-order valence-corrected chi connectivity index (χ3v) is 5.01. The number of aromatic nitrogens is 4. The zero-order valence-corrected chi connectivity index (χ0v) is 17.1. The van der Waals surface area contributed by atoms with Gasteiger partial charge in [0.25, 0.3) is 5.91 Å². The molecule has 0 bridgehead atoms. The molecule has 1 N–H and O–H groups in total. The predicted molar refractivity (Wildman–Crippen MR) is 122 cm³/mol. The van der Waals surface area contributed by atoms with E-state index in [9.17, 15) is 4.79 Å². The van der Waals surface area contributed by atoms with Gasteiger partial charge in [-0.3, -0.25) is 14.3 Å². The molecule has 32 heavy (non-hydrogen) atoms. The molecule has 5 aromatic rings. The minimum atomic E-state index is -0.264. The fourth-order valence-corrected chi connectivity index (χ4v) is 3.36. The topological polar surface area (TPSA) is 81.9 Å². The number of benzene rings is 2. The van der Waals surface area contributed by atoms with E-state index in [0.29, 0.717) is 23.7 Å². The monoisotopic (exact) mass is 421 g/mol. The molecule has 0 radical (unpaired) electrons. The van der Waals surface area contributed by atoms with Crippen molar-refractivity contribution in [2.75, 3.05) is 5.32 Å². The zero-order valence-electron chi connectivity index (χ0n) is 17.1. The van der Waals surface area contributed by atoms with Crippen molar-refractivity contribution in [3.05, 3.63) is 109 Å². The number of carbonyl (C=O) groups excluding carboxylic acids is 1. The largest absolute Gasteiger partial charge is 0.485 e. The molecule has 1 amide bonds. The van der Waals surface area contributed by atoms with Crippen LogP contribution in [0.1, 0.15) is 15.9 Å². The Bertz CT molecular complexity index is 1360. The van der Waals surface area contributed by atoms with Gasteiger partial charge in [0.1, 0.15) is 12.9 Å². The van der Waals surface area contributed by atoms with Crippen LogP contribution in [0.5, 0.6) is 5.75 Å². The molecule has 0 atom stereocenters. The van der Waals surface area contributed by atoms with Crippen LogP contribution in [0.25, 0.3) is 16.7 Å². The van der Waals surface area contributed by atoms with Crippen LogP contribution >= 0.6 is 0 Å². The quantitative estimate of drug-likeness (QED) is 0.432. The summed E-state index contributed by atoms with van der Waals surface area (Å²) in [5.74, 6) is 0.606. The van der Waals surface area contributed by atoms with Gasteiger partial charge in [-0.2, -0.15) is 0 Å². The molecule has 0 saturated carbocycles. The number of para-hydroxylation sites is 2. The highest BCUT2D eigenvalue weighted by Crippen LogP contribution is 2.23. The normalized spacial score (nSPS) is 10.8. The van der Waals surface area contributed by atoms with Crippen molar-refractivity contribution in [1.29, 1.82) is 0 Å². The van der Waals surface area contributed by atoms with Crippen molar-refractivity contribution in [2.45, 2.75) is 6.61 Å². The van der Waals surface area contributed by atoms with Gasteiger partial charge in [0.2, 0.25) is 0 Å². The van der Waals surface area contributed by atoms with Crippen LogP contribution in [-0.2, 0) is 6.61 Å². The Morgan fingerprint density at radius 3 is 2.53 bits per heavy atom. The van der Waals surface area contributed by atoms with Crippen LogP contribution in [0.4, 0.5) is 5.82 Å². The molecule has 0 aliphatic heterocycles. The Morgan fingerprint density at radius 1 is 0.875 bits per heavy atom. The third-order valence-electron chi connectivity index (χ3n) is 5.01. The lowest BCUT2D eigenvalue weighted by molar-refractivity contribution is 0.102. The van der Waals surface area contributed by atoms with Crippen LogP contribution in [0.15, 0.2) is 97.7 Å². The fraction of sp³-hybridized carbons (Fsp3) is 0.0400. The van der Waals surface area contributed by atoms with Crippen LogP contribution in [0.2, 0.25) is 0 Å². The molecule has 0 aliphatic rings. The Hall–Kier alpha value is -4.52. The number of amides is 1. The second kappa shape index (κ2) is 8.69. The summed E-state index contributed by atoms with van der Waals surface area (Å²) in [7, 11) is 0. The molecule has 0 fully saturated rings. The molecule has 0 saturated heterocycles. The van der Waals surface area contributed by atoms with Crippen LogP contribution in [0, 0.1) is 0 Å². The number of hydrogen-bond acceptors (Lipinski definition) is 5. The van der Waals surface area contributed by atoms with Gasteiger partial charge in [-0.25, -0.2) is 9.97 Å². The van der Waals surface area contributed by atoms with Gasteiger partial charge < -0.3 is 10.1 Å². The second-order valence-electron chi connectivity index (χ2n) is 7.10. The van der Waals surface area contributed by atoms with E-state index in [0.717, 1.165) is 22.3 Å². The number of fused-ring (bicyclic) bond motifs is 1. The fourth-order valence-electron chi connectivity index (χ4n) is 3.36. The maximum Gasteiger partial charge on any atom is 0.256 e. The highest BCUT2D eigenvalue weighted by Gasteiger charge is 2.12. The molecule has 156 valence electrons. The average molecular weight is 421 g/mol. The standard InChI is InChI=1S/C25H19N5O2/c31-25(29-24-23(6-3-13-27-24)32-16-18-11-14-26-15-12-18)19-7-9-20(10-8-19)30-17-28-21-4-1-2-5-22(21)30/h1-15,17H,16H2,(H,27,29,31). The molecular weight excluding hydrogens is 402 g/mol. The molecule has 7 nitrogen and oxygen atoms in total. The number of anilines is 1. The smallest absolute Gasteiger partial charge is 0.256 e. The maximum absolute atomic E-state index is 12.8.